The molecule has 0 aliphatic carbocycles. The van der Waals surface area contributed by atoms with Crippen LogP contribution < -0.4 is 14.2 Å². The molecule has 2 aliphatic heterocycles. The van der Waals surface area contributed by atoms with Gasteiger partial charge in [0.05, 0.1) is 6.10 Å². The van der Waals surface area contributed by atoms with E-state index in [0.717, 1.165) is 19.4 Å². The van der Waals surface area contributed by atoms with Gasteiger partial charge in [-0.3, -0.25) is 0 Å². The minimum atomic E-state index is -1.05. The minimum Gasteiger partial charge on any atom is -0.490 e. The van der Waals surface area contributed by atoms with E-state index in [1.807, 2.05) is 0 Å². The van der Waals surface area contributed by atoms with Crippen molar-refractivity contribution in [2.24, 2.45) is 0 Å². The van der Waals surface area contributed by atoms with Gasteiger partial charge in [-0.1, -0.05) is 0 Å². The fraction of sp³-hybridized carbons (Fsp3) is 0.462. The van der Waals surface area contributed by atoms with Crippen molar-refractivity contribution < 1.29 is 28.8 Å². The summed E-state index contributed by atoms with van der Waals surface area (Å²) < 4.78 is 21.4. The molecule has 6 heteroatoms. The van der Waals surface area contributed by atoms with E-state index in [0.29, 0.717) is 18.1 Å². The molecule has 3 rings (SSSR count). The van der Waals surface area contributed by atoms with Gasteiger partial charge in [-0.05, 0) is 12.8 Å². The SMILES string of the molecule is O=C(O)c1cc2c(cc1OCC1CCCO1)OCO2. The van der Waals surface area contributed by atoms with Gasteiger partial charge in [-0.15, -0.1) is 0 Å². The lowest BCUT2D eigenvalue weighted by Crippen LogP contribution is -2.17. The first kappa shape index (κ1) is 12.1. The van der Waals surface area contributed by atoms with Gasteiger partial charge in [-0.2, -0.15) is 0 Å². The lowest BCUT2D eigenvalue weighted by molar-refractivity contribution is 0.0629. The Balaban J connectivity index is 1.80. The lowest BCUT2D eigenvalue weighted by atomic mass is 10.1. The lowest BCUT2D eigenvalue weighted by Gasteiger charge is -2.13. The molecule has 1 unspecified atom stereocenters. The molecule has 1 saturated heterocycles. The Bertz CT molecular complexity index is 492. The van der Waals surface area contributed by atoms with Crippen LogP contribution in [0.2, 0.25) is 0 Å². The van der Waals surface area contributed by atoms with Crippen LogP contribution in [0.4, 0.5) is 0 Å². The second-order valence-corrected chi connectivity index (χ2v) is 4.45. The van der Waals surface area contributed by atoms with Crippen molar-refractivity contribution >= 4 is 5.97 Å². The second kappa shape index (κ2) is 4.97. The van der Waals surface area contributed by atoms with Crippen molar-refractivity contribution in [1.29, 1.82) is 0 Å². The molecular weight excluding hydrogens is 252 g/mol. The van der Waals surface area contributed by atoms with Gasteiger partial charge in [0.15, 0.2) is 11.5 Å². The highest BCUT2D eigenvalue weighted by Gasteiger charge is 2.23. The summed E-state index contributed by atoms with van der Waals surface area (Å²) >= 11 is 0. The summed E-state index contributed by atoms with van der Waals surface area (Å²) in [6.07, 6.45) is 1.99. The van der Waals surface area contributed by atoms with Crippen molar-refractivity contribution in [3.05, 3.63) is 17.7 Å². The third-order valence-corrected chi connectivity index (χ3v) is 3.15. The first-order chi connectivity index (χ1) is 9.24. The standard InChI is InChI=1S/C13H14O6/c14-13(15)9-4-11-12(19-7-18-11)5-10(9)17-6-8-2-1-3-16-8/h4-5,8H,1-3,6-7H2,(H,14,15). The molecular formula is C13H14O6. The Morgan fingerprint density at radius 1 is 1.37 bits per heavy atom. The zero-order valence-electron chi connectivity index (χ0n) is 10.3. The predicted octanol–water partition coefficient (Wildman–Crippen LogP) is 1.67. The van der Waals surface area contributed by atoms with Gasteiger partial charge in [-0.25, -0.2) is 4.79 Å². The number of rotatable bonds is 4. The van der Waals surface area contributed by atoms with Crippen LogP contribution in [0.15, 0.2) is 12.1 Å². The maximum absolute atomic E-state index is 11.2. The van der Waals surface area contributed by atoms with Crippen LogP contribution in [0.3, 0.4) is 0 Å². The number of hydrogen-bond acceptors (Lipinski definition) is 5. The first-order valence-corrected chi connectivity index (χ1v) is 6.15. The summed E-state index contributed by atoms with van der Waals surface area (Å²) in [5.74, 6) is 0.169. The molecule has 0 amide bonds. The largest absolute Gasteiger partial charge is 0.490 e. The van der Waals surface area contributed by atoms with Crippen LogP contribution >= 0.6 is 0 Å². The van der Waals surface area contributed by atoms with Crippen LogP contribution in [0.5, 0.6) is 17.2 Å². The number of carboxylic acids is 1. The van der Waals surface area contributed by atoms with E-state index in [1.165, 1.54) is 6.07 Å². The molecule has 2 aliphatic rings. The molecule has 102 valence electrons. The number of ether oxygens (including phenoxy) is 4. The first-order valence-electron chi connectivity index (χ1n) is 6.15. The van der Waals surface area contributed by atoms with Crippen molar-refractivity contribution in [2.45, 2.75) is 18.9 Å². The Hall–Kier alpha value is -1.95. The van der Waals surface area contributed by atoms with Gasteiger partial charge < -0.3 is 24.1 Å². The average molecular weight is 266 g/mol. The number of benzene rings is 1. The summed E-state index contributed by atoms with van der Waals surface area (Å²) in [5.41, 5.74) is 0.0715. The Kier molecular flexibility index (Phi) is 3.16. The average Bonchev–Trinajstić information content (AvgIpc) is 3.05. The summed E-state index contributed by atoms with van der Waals surface area (Å²) in [7, 11) is 0. The van der Waals surface area contributed by atoms with E-state index in [1.54, 1.807) is 6.07 Å². The van der Waals surface area contributed by atoms with Gasteiger partial charge in [0, 0.05) is 18.7 Å². The van der Waals surface area contributed by atoms with Crippen molar-refractivity contribution in [3.63, 3.8) is 0 Å². The molecule has 0 bridgehead atoms. The maximum atomic E-state index is 11.2. The van der Waals surface area contributed by atoms with Crippen LogP contribution in [0.25, 0.3) is 0 Å². The van der Waals surface area contributed by atoms with Crippen molar-refractivity contribution in [1.82, 2.24) is 0 Å². The maximum Gasteiger partial charge on any atom is 0.339 e. The highest BCUT2D eigenvalue weighted by molar-refractivity contribution is 5.92. The topological polar surface area (TPSA) is 74.2 Å². The van der Waals surface area contributed by atoms with Gasteiger partial charge in [0.25, 0.3) is 0 Å². The molecule has 6 nitrogen and oxygen atoms in total. The zero-order valence-corrected chi connectivity index (χ0v) is 10.3. The van der Waals surface area contributed by atoms with Gasteiger partial charge >= 0.3 is 5.97 Å². The number of hydrogen-bond donors (Lipinski definition) is 1. The Labute approximate surface area is 109 Å². The molecule has 0 spiro atoms. The predicted molar refractivity (Wildman–Crippen MR) is 64.0 cm³/mol. The molecule has 1 fully saturated rings. The number of aromatic carboxylic acids is 1. The highest BCUT2D eigenvalue weighted by atomic mass is 16.7. The number of carbonyl (C=O) groups is 1. The number of carboxylic acid groups (broad SMARTS) is 1. The molecule has 1 N–H and O–H groups in total. The van der Waals surface area contributed by atoms with Gasteiger partial charge in [0.2, 0.25) is 6.79 Å². The normalized spacial score (nSPS) is 20.5. The molecule has 0 saturated carbocycles. The van der Waals surface area contributed by atoms with Gasteiger partial charge in [0.1, 0.15) is 17.9 Å². The molecule has 1 aromatic rings. The van der Waals surface area contributed by atoms with E-state index in [2.05, 4.69) is 0 Å². The van der Waals surface area contributed by atoms with Crippen LogP contribution in [0.1, 0.15) is 23.2 Å². The fourth-order valence-electron chi connectivity index (χ4n) is 2.17. The smallest absolute Gasteiger partial charge is 0.339 e. The molecule has 2 heterocycles. The Morgan fingerprint density at radius 3 is 2.84 bits per heavy atom. The zero-order chi connectivity index (χ0) is 13.2. The highest BCUT2D eigenvalue weighted by Crippen LogP contribution is 2.38. The van der Waals surface area contributed by atoms with E-state index in [-0.39, 0.29) is 24.2 Å². The third kappa shape index (κ3) is 2.44. The van der Waals surface area contributed by atoms with Crippen LogP contribution in [-0.4, -0.2) is 37.2 Å². The quantitative estimate of drug-likeness (QED) is 0.893. The van der Waals surface area contributed by atoms with E-state index >= 15 is 0 Å². The van der Waals surface area contributed by atoms with Crippen LogP contribution in [0, 0.1) is 0 Å². The van der Waals surface area contributed by atoms with E-state index in [9.17, 15) is 9.90 Å². The fourth-order valence-corrected chi connectivity index (χ4v) is 2.17. The molecule has 1 aromatic carbocycles. The molecule has 0 aromatic heterocycles. The summed E-state index contributed by atoms with van der Waals surface area (Å²) in [4.78, 5) is 11.2. The number of fused-ring (bicyclic) bond motifs is 1. The Morgan fingerprint density at radius 2 is 2.16 bits per heavy atom. The second-order valence-electron chi connectivity index (χ2n) is 4.45. The third-order valence-electron chi connectivity index (χ3n) is 3.15. The van der Waals surface area contributed by atoms with Crippen molar-refractivity contribution in [3.8, 4) is 17.2 Å². The van der Waals surface area contributed by atoms with E-state index < -0.39 is 5.97 Å². The monoisotopic (exact) mass is 266 g/mol. The van der Waals surface area contributed by atoms with Crippen LogP contribution in [-0.2, 0) is 4.74 Å². The summed E-state index contributed by atoms with van der Waals surface area (Å²) in [6, 6.07) is 2.98. The minimum absolute atomic E-state index is 0.0343. The molecule has 0 radical (unpaired) electrons. The van der Waals surface area contributed by atoms with E-state index in [4.69, 9.17) is 18.9 Å². The molecule has 19 heavy (non-hydrogen) atoms. The summed E-state index contributed by atoms with van der Waals surface area (Å²) in [6.45, 7) is 1.18. The molecule has 1 atom stereocenters. The van der Waals surface area contributed by atoms with Crippen molar-refractivity contribution in [2.75, 3.05) is 20.0 Å². The summed E-state index contributed by atoms with van der Waals surface area (Å²) in [5, 5.41) is 9.18.